The summed E-state index contributed by atoms with van der Waals surface area (Å²) in [6.07, 6.45) is 0.218. The summed E-state index contributed by atoms with van der Waals surface area (Å²) in [6.45, 7) is 10.1. The molecule has 0 atom stereocenters. The quantitative estimate of drug-likeness (QED) is 0.623. The van der Waals surface area contributed by atoms with Crippen LogP contribution in [0.3, 0.4) is 0 Å². The fourth-order valence-corrected chi connectivity index (χ4v) is 2.88. The van der Waals surface area contributed by atoms with Gasteiger partial charge >= 0.3 is 5.97 Å². The highest BCUT2D eigenvalue weighted by Crippen LogP contribution is 2.26. The standard InChI is InChI=1S/C17H21NO2S/c1-10(2)17-18-14(9-21-17)8-15(19)20-16-12(4)7-6-11(3)13(16)5/h6-7,9-10H,8H2,1-5H3. The summed E-state index contributed by atoms with van der Waals surface area (Å²) in [5.74, 6) is 0.813. The molecule has 112 valence electrons. The molecular formula is C17H21NO2S. The van der Waals surface area contributed by atoms with Crippen molar-refractivity contribution in [3.63, 3.8) is 0 Å². The van der Waals surface area contributed by atoms with Crippen molar-refractivity contribution in [2.45, 2.75) is 47.0 Å². The highest BCUT2D eigenvalue weighted by Gasteiger charge is 2.14. The van der Waals surface area contributed by atoms with E-state index < -0.39 is 0 Å². The number of esters is 1. The molecule has 0 saturated carbocycles. The van der Waals surface area contributed by atoms with E-state index in [0.29, 0.717) is 11.7 Å². The van der Waals surface area contributed by atoms with Crippen LogP contribution in [-0.2, 0) is 11.2 Å². The van der Waals surface area contributed by atoms with Crippen LogP contribution in [0, 0.1) is 20.8 Å². The highest BCUT2D eigenvalue weighted by molar-refractivity contribution is 7.09. The van der Waals surface area contributed by atoms with E-state index >= 15 is 0 Å². The number of nitrogens with zero attached hydrogens (tertiary/aromatic N) is 1. The van der Waals surface area contributed by atoms with Gasteiger partial charge in [-0.3, -0.25) is 4.79 Å². The van der Waals surface area contributed by atoms with Crippen molar-refractivity contribution in [3.05, 3.63) is 44.9 Å². The molecule has 0 aliphatic heterocycles. The molecular weight excluding hydrogens is 282 g/mol. The first-order valence-corrected chi connectivity index (χ1v) is 7.98. The van der Waals surface area contributed by atoms with Gasteiger partial charge in [-0.05, 0) is 37.5 Å². The van der Waals surface area contributed by atoms with Crippen LogP contribution in [0.15, 0.2) is 17.5 Å². The molecule has 0 fully saturated rings. The molecule has 2 aromatic rings. The van der Waals surface area contributed by atoms with E-state index in [1.165, 1.54) is 0 Å². The average molecular weight is 303 g/mol. The predicted molar refractivity (Wildman–Crippen MR) is 86.2 cm³/mol. The molecule has 2 rings (SSSR count). The zero-order valence-corrected chi connectivity index (χ0v) is 14.0. The van der Waals surface area contributed by atoms with E-state index in [1.54, 1.807) is 11.3 Å². The Kier molecular flexibility index (Phi) is 4.78. The zero-order chi connectivity index (χ0) is 15.6. The normalized spacial score (nSPS) is 11.0. The van der Waals surface area contributed by atoms with Crippen LogP contribution in [0.1, 0.15) is 47.2 Å². The maximum atomic E-state index is 12.1. The van der Waals surface area contributed by atoms with E-state index in [2.05, 4.69) is 18.8 Å². The van der Waals surface area contributed by atoms with Crippen LogP contribution in [-0.4, -0.2) is 11.0 Å². The lowest BCUT2D eigenvalue weighted by atomic mass is 10.1. The van der Waals surface area contributed by atoms with Crippen molar-refractivity contribution in [1.29, 1.82) is 0 Å². The lowest BCUT2D eigenvalue weighted by Crippen LogP contribution is -2.13. The fraction of sp³-hybridized carbons (Fsp3) is 0.412. The SMILES string of the molecule is Cc1ccc(C)c(OC(=O)Cc2csc(C(C)C)n2)c1C. The molecule has 1 heterocycles. The minimum absolute atomic E-state index is 0.218. The second-order valence-electron chi connectivity index (χ2n) is 5.64. The van der Waals surface area contributed by atoms with E-state index in [-0.39, 0.29) is 12.4 Å². The van der Waals surface area contributed by atoms with Gasteiger partial charge in [0, 0.05) is 11.3 Å². The summed E-state index contributed by atoms with van der Waals surface area (Å²) in [5.41, 5.74) is 3.91. The Morgan fingerprint density at radius 2 is 1.90 bits per heavy atom. The Balaban J connectivity index is 2.10. The summed E-state index contributed by atoms with van der Waals surface area (Å²) >= 11 is 1.60. The van der Waals surface area contributed by atoms with Crippen LogP contribution in [0.4, 0.5) is 0 Å². The largest absolute Gasteiger partial charge is 0.426 e. The zero-order valence-electron chi connectivity index (χ0n) is 13.2. The fourth-order valence-electron chi connectivity index (χ4n) is 2.05. The third-order valence-corrected chi connectivity index (χ3v) is 4.67. The second-order valence-corrected chi connectivity index (χ2v) is 6.53. The van der Waals surface area contributed by atoms with Crippen molar-refractivity contribution in [1.82, 2.24) is 4.98 Å². The first kappa shape index (κ1) is 15.7. The molecule has 4 heteroatoms. The van der Waals surface area contributed by atoms with Crippen molar-refractivity contribution in [2.24, 2.45) is 0 Å². The number of ether oxygens (including phenoxy) is 1. The maximum absolute atomic E-state index is 12.1. The number of aryl methyl sites for hydroxylation is 2. The van der Waals surface area contributed by atoms with Crippen molar-refractivity contribution < 1.29 is 9.53 Å². The predicted octanol–water partition coefficient (Wildman–Crippen LogP) is 4.34. The van der Waals surface area contributed by atoms with Gasteiger partial charge in [0.25, 0.3) is 0 Å². The summed E-state index contributed by atoms with van der Waals surface area (Å²) in [7, 11) is 0. The molecule has 0 spiro atoms. The van der Waals surface area contributed by atoms with Gasteiger partial charge in [-0.15, -0.1) is 11.3 Å². The van der Waals surface area contributed by atoms with Crippen molar-refractivity contribution in [2.75, 3.05) is 0 Å². The number of hydrogen-bond donors (Lipinski definition) is 0. The van der Waals surface area contributed by atoms with Gasteiger partial charge in [0.1, 0.15) is 5.75 Å². The number of aromatic nitrogens is 1. The first-order chi connectivity index (χ1) is 9.88. The average Bonchev–Trinajstić information content (AvgIpc) is 2.88. The van der Waals surface area contributed by atoms with E-state index in [4.69, 9.17) is 4.74 Å². The minimum atomic E-state index is -0.257. The first-order valence-electron chi connectivity index (χ1n) is 7.10. The molecule has 3 nitrogen and oxygen atoms in total. The molecule has 0 aliphatic rings. The van der Waals surface area contributed by atoms with Crippen LogP contribution in [0.25, 0.3) is 0 Å². The van der Waals surface area contributed by atoms with Gasteiger partial charge in [0.2, 0.25) is 0 Å². The Labute approximate surface area is 130 Å². The molecule has 0 bridgehead atoms. The van der Waals surface area contributed by atoms with Gasteiger partial charge in [-0.25, -0.2) is 4.98 Å². The molecule has 1 aromatic heterocycles. The highest BCUT2D eigenvalue weighted by atomic mass is 32.1. The summed E-state index contributed by atoms with van der Waals surface area (Å²) in [5, 5.41) is 2.99. The third kappa shape index (κ3) is 3.70. The van der Waals surface area contributed by atoms with Gasteiger partial charge in [0.15, 0.2) is 0 Å². The Morgan fingerprint density at radius 1 is 1.24 bits per heavy atom. The summed E-state index contributed by atoms with van der Waals surface area (Å²) in [4.78, 5) is 16.6. The van der Waals surface area contributed by atoms with E-state index in [9.17, 15) is 4.79 Å². The third-order valence-electron chi connectivity index (χ3n) is 3.48. The van der Waals surface area contributed by atoms with Crippen LogP contribution < -0.4 is 4.74 Å². The Hall–Kier alpha value is -1.68. The topological polar surface area (TPSA) is 39.2 Å². The van der Waals surface area contributed by atoms with Crippen molar-refractivity contribution >= 4 is 17.3 Å². The number of thiazole rings is 1. The number of hydrogen-bond acceptors (Lipinski definition) is 4. The molecule has 1 aromatic carbocycles. The molecule has 0 aliphatic carbocycles. The smallest absolute Gasteiger partial charge is 0.317 e. The molecule has 0 N–H and O–H groups in total. The van der Waals surface area contributed by atoms with E-state index in [1.807, 2.05) is 38.3 Å². The van der Waals surface area contributed by atoms with Crippen molar-refractivity contribution in [3.8, 4) is 5.75 Å². The van der Waals surface area contributed by atoms with Gasteiger partial charge in [0.05, 0.1) is 17.1 Å². The van der Waals surface area contributed by atoms with Gasteiger partial charge in [-0.2, -0.15) is 0 Å². The number of carbonyl (C=O) groups is 1. The minimum Gasteiger partial charge on any atom is -0.426 e. The van der Waals surface area contributed by atoms with Crippen LogP contribution >= 0.6 is 11.3 Å². The monoisotopic (exact) mass is 303 g/mol. The Morgan fingerprint density at radius 3 is 2.52 bits per heavy atom. The van der Waals surface area contributed by atoms with E-state index in [0.717, 1.165) is 27.4 Å². The molecule has 0 radical (unpaired) electrons. The lowest BCUT2D eigenvalue weighted by Gasteiger charge is -2.12. The van der Waals surface area contributed by atoms with Gasteiger partial charge < -0.3 is 4.74 Å². The summed E-state index contributed by atoms with van der Waals surface area (Å²) < 4.78 is 5.56. The van der Waals surface area contributed by atoms with Gasteiger partial charge in [-0.1, -0.05) is 26.0 Å². The number of benzene rings is 1. The lowest BCUT2D eigenvalue weighted by molar-refractivity contribution is -0.133. The van der Waals surface area contributed by atoms with Crippen LogP contribution in [0.5, 0.6) is 5.75 Å². The molecule has 0 saturated heterocycles. The van der Waals surface area contributed by atoms with Crippen LogP contribution in [0.2, 0.25) is 0 Å². The number of rotatable bonds is 4. The second kappa shape index (κ2) is 6.39. The maximum Gasteiger partial charge on any atom is 0.317 e. The molecule has 0 unspecified atom stereocenters. The number of carbonyl (C=O) groups excluding carboxylic acids is 1. The Bertz CT molecular complexity index is 659. The molecule has 0 amide bonds. The summed E-state index contributed by atoms with van der Waals surface area (Å²) in [6, 6.07) is 4.02. The molecule has 21 heavy (non-hydrogen) atoms.